The van der Waals surface area contributed by atoms with Gasteiger partial charge < -0.3 is 16.2 Å². The molecule has 0 aliphatic heterocycles. The van der Waals surface area contributed by atoms with Crippen molar-refractivity contribution in [3.63, 3.8) is 0 Å². The molecule has 1 rings (SSSR count). The van der Waals surface area contributed by atoms with Crippen molar-refractivity contribution >= 4 is 18.3 Å². The lowest BCUT2D eigenvalue weighted by atomic mass is 10.0. The van der Waals surface area contributed by atoms with Gasteiger partial charge in [-0.05, 0) is 31.9 Å². The van der Waals surface area contributed by atoms with Crippen LogP contribution in [0.4, 0.5) is 0 Å². The second-order valence-corrected chi connectivity index (χ2v) is 4.80. The number of aliphatic hydroxyl groups excluding tert-OH is 1. The van der Waals surface area contributed by atoms with Gasteiger partial charge >= 0.3 is 0 Å². The zero-order valence-corrected chi connectivity index (χ0v) is 11.8. The van der Waals surface area contributed by atoms with E-state index in [9.17, 15) is 9.90 Å². The summed E-state index contributed by atoms with van der Waals surface area (Å²) in [5, 5.41) is 12.6. The Morgan fingerprint density at radius 3 is 2.50 bits per heavy atom. The van der Waals surface area contributed by atoms with Gasteiger partial charge in [0, 0.05) is 6.54 Å². The first-order chi connectivity index (χ1) is 7.82. The SMILES string of the molecule is Cc1ccccc1C(O)CNC(=O)C(C)(C)N.Cl. The van der Waals surface area contributed by atoms with Crippen LogP contribution < -0.4 is 11.1 Å². The molecular formula is C13H21ClN2O2. The number of hydrogen-bond donors (Lipinski definition) is 3. The predicted octanol–water partition coefficient (Wildman–Crippen LogP) is 1.30. The molecule has 0 saturated carbocycles. The molecule has 0 saturated heterocycles. The molecular weight excluding hydrogens is 252 g/mol. The molecule has 5 heteroatoms. The Labute approximate surface area is 114 Å². The highest BCUT2D eigenvalue weighted by Crippen LogP contribution is 2.16. The fraction of sp³-hybridized carbons (Fsp3) is 0.462. The maximum Gasteiger partial charge on any atom is 0.239 e. The summed E-state index contributed by atoms with van der Waals surface area (Å²) < 4.78 is 0. The van der Waals surface area contributed by atoms with E-state index in [-0.39, 0.29) is 24.9 Å². The molecule has 102 valence electrons. The van der Waals surface area contributed by atoms with Crippen LogP contribution in [0.5, 0.6) is 0 Å². The van der Waals surface area contributed by atoms with E-state index in [1.807, 2.05) is 31.2 Å². The predicted molar refractivity (Wildman–Crippen MR) is 74.7 cm³/mol. The van der Waals surface area contributed by atoms with Crippen molar-refractivity contribution < 1.29 is 9.90 Å². The van der Waals surface area contributed by atoms with E-state index in [1.54, 1.807) is 13.8 Å². The summed E-state index contributed by atoms with van der Waals surface area (Å²) in [6.07, 6.45) is -0.706. The van der Waals surface area contributed by atoms with Gasteiger partial charge in [-0.1, -0.05) is 24.3 Å². The highest BCUT2D eigenvalue weighted by atomic mass is 35.5. The zero-order chi connectivity index (χ0) is 13.1. The van der Waals surface area contributed by atoms with Gasteiger partial charge in [-0.3, -0.25) is 4.79 Å². The molecule has 4 N–H and O–H groups in total. The second-order valence-electron chi connectivity index (χ2n) is 4.80. The van der Waals surface area contributed by atoms with E-state index in [0.717, 1.165) is 11.1 Å². The molecule has 0 aliphatic rings. The lowest BCUT2D eigenvalue weighted by Crippen LogP contribution is -2.49. The molecule has 0 radical (unpaired) electrons. The number of aryl methyl sites for hydroxylation is 1. The smallest absolute Gasteiger partial charge is 0.239 e. The first-order valence-electron chi connectivity index (χ1n) is 5.63. The van der Waals surface area contributed by atoms with Crippen molar-refractivity contribution in [1.82, 2.24) is 5.32 Å². The third-order valence-electron chi connectivity index (χ3n) is 2.59. The lowest BCUT2D eigenvalue weighted by molar-refractivity contribution is -0.125. The Morgan fingerprint density at radius 2 is 2.00 bits per heavy atom. The van der Waals surface area contributed by atoms with Gasteiger partial charge in [0.05, 0.1) is 11.6 Å². The molecule has 0 fully saturated rings. The average Bonchev–Trinajstić information content (AvgIpc) is 2.24. The first-order valence-corrected chi connectivity index (χ1v) is 5.63. The molecule has 18 heavy (non-hydrogen) atoms. The van der Waals surface area contributed by atoms with E-state index in [0.29, 0.717) is 0 Å². The fourth-order valence-electron chi connectivity index (χ4n) is 1.49. The van der Waals surface area contributed by atoms with Crippen LogP contribution in [0, 0.1) is 6.92 Å². The third kappa shape index (κ3) is 4.64. The summed E-state index contributed by atoms with van der Waals surface area (Å²) in [5.41, 5.74) is 6.54. The van der Waals surface area contributed by atoms with Gasteiger partial charge in [-0.2, -0.15) is 0 Å². The Morgan fingerprint density at radius 1 is 1.44 bits per heavy atom. The van der Waals surface area contributed by atoms with Crippen LogP contribution in [0.2, 0.25) is 0 Å². The van der Waals surface area contributed by atoms with E-state index >= 15 is 0 Å². The van der Waals surface area contributed by atoms with E-state index in [1.165, 1.54) is 0 Å². The van der Waals surface area contributed by atoms with Crippen LogP contribution in [-0.2, 0) is 4.79 Å². The molecule has 4 nitrogen and oxygen atoms in total. The van der Waals surface area contributed by atoms with Gasteiger partial charge in [0.1, 0.15) is 0 Å². The van der Waals surface area contributed by atoms with Crippen LogP contribution in [0.25, 0.3) is 0 Å². The molecule has 1 unspecified atom stereocenters. The van der Waals surface area contributed by atoms with Gasteiger partial charge in [0.15, 0.2) is 0 Å². The monoisotopic (exact) mass is 272 g/mol. The Bertz CT molecular complexity index is 402. The Balaban J connectivity index is 0.00000289. The number of carbonyl (C=O) groups is 1. The van der Waals surface area contributed by atoms with Crippen molar-refractivity contribution in [2.45, 2.75) is 32.4 Å². The normalized spacial score (nSPS) is 12.5. The van der Waals surface area contributed by atoms with E-state index < -0.39 is 11.6 Å². The van der Waals surface area contributed by atoms with Crippen LogP contribution in [-0.4, -0.2) is 23.1 Å². The summed E-state index contributed by atoms with van der Waals surface area (Å²) in [7, 11) is 0. The maximum atomic E-state index is 11.5. The molecule has 0 aliphatic carbocycles. The van der Waals surface area contributed by atoms with Gasteiger partial charge in [0.25, 0.3) is 0 Å². The van der Waals surface area contributed by atoms with Gasteiger partial charge in [-0.25, -0.2) is 0 Å². The molecule has 1 aromatic rings. The summed E-state index contributed by atoms with van der Waals surface area (Å²) in [6.45, 7) is 5.35. The van der Waals surface area contributed by atoms with Crippen molar-refractivity contribution in [1.29, 1.82) is 0 Å². The summed E-state index contributed by atoms with van der Waals surface area (Å²) >= 11 is 0. The number of hydrogen-bond acceptors (Lipinski definition) is 3. The summed E-state index contributed by atoms with van der Waals surface area (Å²) in [4.78, 5) is 11.5. The quantitative estimate of drug-likeness (QED) is 0.773. The maximum absolute atomic E-state index is 11.5. The molecule has 0 bridgehead atoms. The molecule has 0 heterocycles. The number of nitrogens with one attached hydrogen (secondary N) is 1. The minimum absolute atomic E-state index is 0. The van der Waals surface area contributed by atoms with Crippen molar-refractivity contribution in [2.24, 2.45) is 5.73 Å². The number of aliphatic hydroxyl groups is 1. The highest BCUT2D eigenvalue weighted by Gasteiger charge is 2.22. The Hall–Kier alpha value is -1.10. The largest absolute Gasteiger partial charge is 0.387 e. The lowest BCUT2D eigenvalue weighted by Gasteiger charge is -2.20. The van der Waals surface area contributed by atoms with E-state index in [2.05, 4.69) is 5.32 Å². The standard InChI is InChI=1S/C13H20N2O2.ClH/c1-9-6-4-5-7-10(9)11(16)8-15-12(17)13(2,3)14;/h4-7,11,16H,8,14H2,1-3H3,(H,15,17);1H. The van der Waals surface area contributed by atoms with Gasteiger partial charge in [-0.15, -0.1) is 12.4 Å². The van der Waals surface area contributed by atoms with Crippen LogP contribution in [0.1, 0.15) is 31.1 Å². The fourth-order valence-corrected chi connectivity index (χ4v) is 1.49. The number of rotatable bonds is 4. The zero-order valence-electron chi connectivity index (χ0n) is 10.9. The third-order valence-corrected chi connectivity index (χ3v) is 2.59. The number of carbonyl (C=O) groups excluding carboxylic acids is 1. The minimum atomic E-state index is -0.925. The Kier molecular flexibility index (Phi) is 6.32. The number of halogens is 1. The number of nitrogens with two attached hydrogens (primary N) is 1. The molecule has 0 aromatic heterocycles. The van der Waals surface area contributed by atoms with Crippen molar-refractivity contribution in [3.05, 3.63) is 35.4 Å². The van der Waals surface area contributed by atoms with Crippen LogP contribution in [0.3, 0.4) is 0 Å². The minimum Gasteiger partial charge on any atom is -0.387 e. The molecule has 0 spiro atoms. The van der Waals surface area contributed by atoms with E-state index in [4.69, 9.17) is 5.73 Å². The van der Waals surface area contributed by atoms with Gasteiger partial charge in [0.2, 0.25) is 5.91 Å². The first kappa shape index (κ1) is 16.9. The number of amides is 1. The second kappa shape index (κ2) is 6.73. The van der Waals surface area contributed by atoms with Crippen molar-refractivity contribution in [2.75, 3.05) is 6.54 Å². The average molecular weight is 273 g/mol. The number of benzene rings is 1. The molecule has 1 aromatic carbocycles. The van der Waals surface area contributed by atoms with Crippen LogP contribution in [0.15, 0.2) is 24.3 Å². The highest BCUT2D eigenvalue weighted by molar-refractivity contribution is 5.85. The van der Waals surface area contributed by atoms with Crippen LogP contribution >= 0.6 is 12.4 Å². The van der Waals surface area contributed by atoms with Crippen molar-refractivity contribution in [3.8, 4) is 0 Å². The molecule has 1 atom stereocenters. The molecule has 1 amide bonds. The topological polar surface area (TPSA) is 75.3 Å². The summed E-state index contributed by atoms with van der Waals surface area (Å²) in [6, 6.07) is 7.54. The summed E-state index contributed by atoms with van der Waals surface area (Å²) in [5.74, 6) is -0.273.